The number of nitrogens with one attached hydrogen (secondary N) is 2. The monoisotopic (exact) mass is 473 g/mol. The molecule has 0 amide bonds. The number of hydrogen-bond acceptors (Lipinski definition) is 3. The molecule has 0 unspecified atom stereocenters. The van der Waals surface area contributed by atoms with E-state index in [1.165, 1.54) is 6.07 Å². The number of benzene rings is 1. The summed E-state index contributed by atoms with van der Waals surface area (Å²) in [4.78, 5) is 4.43. The zero-order valence-electron chi connectivity index (χ0n) is 14.1. The largest absolute Gasteiger partial charge is 0.434 e. The van der Waals surface area contributed by atoms with Crippen LogP contribution in [0.25, 0.3) is 0 Å². The van der Waals surface area contributed by atoms with Gasteiger partial charge in [-0.25, -0.2) is 4.99 Å². The van der Waals surface area contributed by atoms with E-state index in [1.54, 1.807) is 18.2 Å². The highest BCUT2D eigenvalue weighted by Crippen LogP contribution is 2.20. The van der Waals surface area contributed by atoms with E-state index >= 15 is 0 Å². The Morgan fingerprint density at radius 1 is 1.25 bits per heavy atom. The van der Waals surface area contributed by atoms with Crippen LogP contribution < -0.4 is 15.4 Å². The number of unbranched alkanes of at least 4 members (excludes halogenated alkanes) is 1. The fourth-order valence-electron chi connectivity index (χ4n) is 1.93. The maximum atomic E-state index is 12.4. The van der Waals surface area contributed by atoms with Crippen LogP contribution in [0, 0.1) is 0 Å². The number of thioether (sulfide) groups is 1. The van der Waals surface area contributed by atoms with Gasteiger partial charge in [0.25, 0.3) is 0 Å². The molecule has 2 N–H and O–H groups in total. The first-order chi connectivity index (χ1) is 11.2. The Bertz CT molecular complexity index is 478. The third kappa shape index (κ3) is 10.2. The molecular weight excluding hydrogens is 447 g/mol. The second kappa shape index (κ2) is 14.6. The van der Waals surface area contributed by atoms with Crippen LogP contribution in [0.2, 0.25) is 0 Å². The van der Waals surface area contributed by atoms with Gasteiger partial charge in [-0.2, -0.15) is 20.5 Å². The van der Waals surface area contributed by atoms with E-state index < -0.39 is 6.61 Å². The van der Waals surface area contributed by atoms with Crippen LogP contribution in [0.1, 0.15) is 25.3 Å². The lowest BCUT2D eigenvalue weighted by atomic mass is 10.2. The molecule has 0 bridgehead atoms. The van der Waals surface area contributed by atoms with Crippen molar-refractivity contribution in [1.29, 1.82) is 0 Å². The molecule has 0 aliphatic rings. The van der Waals surface area contributed by atoms with Crippen molar-refractivity contribution < 1.29 is 13.5 Å². The number of para-hydroxylation sites is 1. The summed E-state index contributed by atoms with van der Waals surface area (Å²) in [6.07, 6.45) is 4.31. The Hall–Kier alpha value is -0.770. The van der Waals surface area contributed by atoms with Crippen molar-refractivity contribution in [3.63, 3.8) is 0 Å². The van der Waals surface area contributed by atoms with Gasteiger partial charge in [0.2, 0.25) is 0 Å². The Balaban J connectivity index is 0.00000529. The number of halogens is 3. The van der Waals surface area contributed by atoms with Gasteiger partial charge >= 0.3 is 6.61 Å². The zero-order chi connectivity index (χ0) is 16.9. The van der Waals surface area contributed by atoms with Crippen molar-refractivity contribution in [3.05, 3.63) is 29.8 Å². The fraction of sp³-hybridized carbons (Fsp3) is 0.562. The maximum Gasteiger partial charge on any atom is 0.387 e. The second-order valence-electron chi connectivity index (χ2n) is 4.81. The molecule has 0 radical (unpaired) electrons. The van der Waals surface area contributed by atoms with E-state index in [-0.39, 0.29) is 36.3 Å². The van der Waals surface area contributed by atoms with Crippen molar-refractivity contribution in [3.8, 4) is 5.75 Å². The smallest absolute Gasteiger partial charge is 0.387 e. The summed E-state index contributed by atoms with van der Waals surface area (Å²) in [5, 5.41) is 6.40. The van der Waals surface area contributed by atoms with Gasteiger partial charge in [0, 0.05) is 18.7 Å². The Morgan fingerprint density at radius 3 is 2.67 bits per heavy atom. The van der Waals surface area contributed by atoms with E-state index in [0.29, 0.717) is 11.5 Å². The highest BCUT2D eigenvalue weighted by atomic mass is 127. The van der Waals surface area contributed by atoms with Gasteiger partial charge in [-0.3, -0.25) is 0 Å². The molecule has 0 aliphatic carbocycles. The number of guanidine groups is 1. The SMILES string of the molecule is CCNC(=NCc1ccccc1OC(F)F)NCCCCSC.I. The average Bonchev–Trinajstić information content (AvgIpc) is 2.53. The van der Waals surface area contributed by atoms with Crippen LogP contribution in [0.3, 0.4) is 0 Å². The first kappa shape index (κ1) is 23.2. The van der Waals surface area contributed by atoms with Gasteiger partial charge in [-0.15, -0.1) is 24.0 Å². The predicted octanol–water partition coefficient (Wildman–Crippen LogP) is 4.10. The molecule has 0 fully saturated rings. The topological polar surface area (TPSA) is 45.7 Å². The quantitative estimate of drug-likeness (QED) is 0.233. The molecule has 0 spiro atoms. The van der Waals surface area contributed by atoms with E-state index in [0.717, 1.165) is 31.7 Å². The summed E-state index contributed by atoms with van der Waals surface area (Å²) in [5.41, 5.74) is 0.632. The Kier molecular flexibility index (Phi) is 14.1. The molecule has 0 heterocycles. The highest BCUT2D eigenvalue weighted by molar-refractivity contribution is 14.0. The molecule has 0 saturated heterocycles. The molecule has 1 aromatic carbocycles. The third-order valence-electron chi connectivity index (χ3n) is 3.01. The van der Waals surface area contributed by atoms with Gasteiger partial charge in [-0.1, -0.05) is 18.2 Å². The molecule has 1 rings (SSSR count). The van der Waals surface area contributed by atoms with Crippen molar-refractivity contribution in [1.82, 2.24) is 10.6 Å². The molecule has 0 saturated carbocycles. The van der Waals surface area contributed by atoms with Crippen LogP contribution in [-0.4, -0.2) is 37.7 Å². The van der Waals surface area contributed by atoms with Crippen LogP contribution in [0.5, 0.6) is 5.75 Å². The van der Waals surface area contributed by atoms with Crippen LogP contribution in [0.4, 0.5) is 8.78 Å². The van der Waals surface area contributed by atoms with Crippen LogP contribution >= 0.6 is 35.7 Å². The van der Waals surface area contributed by atoms with Crippen LogP contribution in [0.15, 0.2) is 29.3 Å². The maximum absolute atomic E-state index is 12.4. The van der Waals surface area contributed by atoms with E-state index in [1.807, 2.05) is 18.7 Å². The molecule has 4 nitrogen and oxygen atoms in total. The number of nitrogens with zero attached hydrogens (tertiary/aromatic N) is 1. The minimum absolute atomic E-state index is 0. The molecule has 24 heavy (non-hydrogen) atoms. The molecule has 0 atom stereocenters. The van der Waals surface area contributed by atoms with E-state index in [2.05, 4.69) is 26.6 Å². The summed E-state index contributed by atoms with van der Waals surface area (Å²) in [5.74, 6) is 2.00. The first-order valence-corrected chi connectivity index (χ1v) is 9.10. The van der Waals surface area contributed by atoms with Crippen molar-refractivity contribution in [2.24, 2.45) is 4.99 Å². The standard InChI is InChI=1S/C16H25F2N3OS.HI/c1-3-19-16(20-10-6-7-11-23-2)21-12-13-8-4-5-9-14(13)22-15(17)18;/h4-5,8-9,15H,3,6-7,10-12H2,1-2H3,(H2,19,20,21);1H. The molecule has 138 valence electrons. The summed E-state index contributed by atoms with van der Waals surface area (Å²) >= 11 is 1.84. The summed E-state index contributed by atoms with van der Waals surface area (Å²) in [6, 6.07) is 6.72. The highest BCUT2D eigenvalue weighted by Gasteiger charge is 2.08. The number of hydrogen-bond donors (Lipinski definition) is 2. The first-order valence-electron chi connectivity index (χ1n) is 7.71. The fourth-order valence-corrected chi connectivity index (χ4v) is 2.42. The molecule has 0 aromatic heterocycles. The molecule has 8 heteroatoms. The minimum atomic E-state index is -2.83. The van der Waals surface area contributed by atoms with E-state index in [4.69, 9.17) is 0 Å². The molecule has 1 aromatic rings. The van der Waals surface area contributed by atoms with Crippen molar-refractivity contribution in [2.75, 3.05) is 25.1 Å². The van der Waals surface area contributed by atoms with Crippen LogP contribution in [-0.2, 0) is 6.54 Å². The second-order valence-corrected chi connectivity index (χ2v) is 5.79. The lowest BCUT2D eigenvalue weighted by Gasteiger charge is -2.12. The average molecular weight is 473 g/mol. The third-order valence-corrected chi connectivity index (χ3v) is 3.71. The predicted molar refractivity (Wildman–Crippen MR) is 109 cm³/mol. The summed E-state index contributed by atoms with van der Waals surface area (Å²) in [6.45, 7) is 1.01. The number of rotatable bonds is 10. The van der Waals surface area contributed by atoms with Gasteiger partial charge in [0.05, 0.1) is 6.54 Å². The van der Waals surface area contributed by atoms with Gasteiger partial charge in [0.15, 0.2) is 5.96 Å². The van der Waals surface area contributed by atoms with Gasteiger partial charge < -0.3 is 15.4 Å². The van der Waals surface area contributed by atoms with E-state index in [9.17, 15) is 8.78 Å². The molecular formula is C16H26F2IN3OS. The van der Waals surface area contributed by atoms with Gasteiger partial charge in [-0.05, 0) is 37.8 Å². The lowest BCUT2D eigenvalue weighted by molar-refractivity contribution is -0.0504. The van der Waals surface area contributed by atoms with Crippen molar-refractivity contribution >= 4 is 41.7 Å². The van der Waals surface area contributed by atoms with Gasteiger partial charge in [0.1, 0.15) is 5.75 Å². The normalized spacial score (nSPS) is 11.1. The zero-order valence-corrected chi connectivity index (χ0v) is 17.2. The van der Waals surface area contributed by atoms with Crippen molar-refractivity contribution in [2.45, 2.75) is 32.9 Å². The lowest BCUT2D eigenvalue weighted by Crippen LogP contribution is -2.37. The number of ether oxygens (including phenoxy) is 1. The Morgan fingerprint density at radius 2 is 2.00 bits per heavy atom. The number of aliphatic imine (C=N–C) groups is 1. The minimum Gasteiger partial charge on any atom is -0.434 e. The summed E-state index contributed by atoms with van der Waals surface area (Å²) in [7, 11) is 0. The number of alkyl halides is 2. The Labute approximate surface area is 164 Å². The molecule has 0 aliphatic heterocycles. The summed E-state index contributed by atoms with van der Waals surface area (Å²) < 4.78 is 29.3.